The fourth-order valence-corrected chi connectivity index (χ4v) is 5.32. The Morgan fingerprint density at radius 3 is 2.74 bits per heavy atom. The molecule has 4 rings (SSSR count). The van der Waals surface area contributed by atoms with Crippen molar-refractivity contribution in [1.82, 2.24) is 15.5 Å². The molecule has 1 unspecified atom stereocenters. The van der Waals surface area contributed by atoms with Crippen LogP contribution in [0.15, 0.2) is 29.3 Å². The molecule has 3 heterocycles. The van der Waals surface area contributed by atoms with E-state index in [4.69, 9.17) is 9.47 Å². The molecule has 3 fully saturated rings. The highest BCUT2D eigenvalue weighted by molar-refractivity contribution is 5.80. The minimum atomic E-state index is 0.200. The Balaban J connectivity index is 1.35. The average Bonchev–Trinajstić information content (AvgIpc) is 3.38. The van der Waals surface area contributed by atoms with E-state index in [2.05, 4.69) is 43.6 Å². The quantitative estimate of drug-likeness (QED) is 0.535. The number of methoxy groups -OCH3 is 1. The number of hydrogen-bond donors (Lipinski definition) is 2. The van der Waals surface area contributed by atoms with Crippen molar-refractivity contribution in [2.45, 2.75) is 50.1 Å². The summed E-state index contributed by atoms with van der Waals surface area (Å²) in [6, 6.07) is 8.74. The van der Waals surface area contributed by atoms with Crippen molar-refractivity contribution < 1.29 is 9.47 Å². The highest BCUT2D eigenvalue weighted by Crippen LogP contribution is 2.31. The summed E-state index contributed by atoms with van der Waals surface area (Å²) in [7, 11) is 3.60. The minimum absolute atomic E-state index is 0.200. The number of rotatable bonds is 6. The van der Waals surface area contributed by atoms with E-state index in [0.29, 0.717) is 6.04 Å². The van der Waals surface area contributed by atoms with Crippen molar-refractivity contribution >= 4 is 11.6 Å². The number of nitrogens with zero attached hydrogens (tertiary/aromatic N) is 3. The van der Waals surface area contributed by atoms with Crippen molar-refractivity contribution in [3.63, 3.8) is 0 Å². The van der Waals surface area contributed by atoms with Gasteiger partial charge in [-0.2, -0.15) is 0 Å². The Morgan fingerprint density at radius 1 is 1.19 bits per heavy atom. The summed E-state index contributed by atoms with van der Waals surface area (Å²) in [4.78, 5) is 9.70. The van der Waals surface area contributed by atoms with Crippen molar-refractivity contribution in [1.29, 1.82) is 0 Å². The van der Waals surface area contributed by atoms with Crippen LogP contribution in [0.1, 0.15) is 38.5 Å². The zero-order chi connectivity index (χ0) is 21.5. The summed E-state index contributed by atoms with van der Waals surface area (Å²) in [5, 5.41) is 7.38. The van der Waals surface area contributed by atoms with Gasteiger partial charge in [-0.3, -0.25) is 9.89 Å². The second kappa shape index (κ2) is 10.6. The van der Waals surface area contributed by atoms with Gasteiger partial charge in [-0.1, -0.05) is 6.07 Å². The van der Waals surface area contributed by atoms with Gasteiger partial charge in [0, 0.05) is 63.2 Å². The van der Waals surface area contributed by atoms with Gasteiger partial charge in [-0.25, -0.2) is 0 Å². The number of likely N-dealkylation sites (tertiary alicyclic amines) is 1. The summed E-state index contributed by atoms with van der Waals surface area (Å²) in [6.45, 7) is 7.14. The van der Waals surface area contributed by atoms with Gasteiger partial charge in [0.15, 0.2) is 5.96 Å². The number of anilines is 1. The van der Waals surface area contributed by atoms with E-state index in [9.17, 15) is 0 Å². The van der Waals surface area contributed by atoms with Gasteiger partial charge in [0.1, 0.15) is 5.75 Å². The van der Waals surface area contributed by atoms with Gasteiger partial charge in [0.2, 0.25) is 0 Å². The van der Waals surface area contributed by atoms with Crippen molar-refractivity contribution in [2.75, 3.05) is 65.0 Å². The summed E-state index contributed by atoms with van der Waals surface area (Å²) >= 11 is 0. The van der Waals surface area contributed by atoms with Gasteiger partial charge in [-0.05, 0) is 63.7 Å². The second-order valence-electron chi connectivity index (χ2n) is 9.09. The molecule has 2 N–H and O–H groups in total. The Bertz CT molecular complexity index is 728. The van der Waals surface area contributed by atoms with Gasteiger partial charge in [0.05, 0.1) is 7.11 Å². The third kappa shape index (κ3) is 5.44. The van der Waals surface area contributed by atoms with Crippen LogP contribution in [0.4, 0.5) is 5.69 Å². The number of guanidine groups is 1. The third-order valence-electron chi connectivity index (χ3n) is 7.19. The number of piperidine rings is 1. The maximum Gasteiger partial charge on any atom is 0.191 e. The molecule has 0 aromatic heterocycles. The molecule has 0 radical (unpaired) electrons. The van der Waals surface area contributed by atoms with E-state index >= 15 is 0 Å². The maximum absolute atomic E-state index is 5.69. The number of benzene rings is 1. The Kier molecular flexibility index (Phi) is 7.56. The molecule has 3 aliphatic heterocycles. The Morgan fingerprint density at radius 2 is 2.00 bits per heavy atom. The molecule has 7 heteroatoms. The van der Waals surface area contributed by atoms with Crippen LogP contribution in [0.25, 0.3) is 0 Å². The zero-order valence-electron chi connectivity index (χ0n) is 19.2. The lowest BCUT2D eigenvalue weighted by molar-refractivity contribution is -0.0164. The molecule has 0 amide bonds. The molecule has 0 spiro atoms. The van der Waals surface area contributed by atoms with E-state index in [1.807, 2.05) is 13.1 Å². The first-order chi connectivity index (χ1) is 15.2. The van der Waals surface area contributed by atoms with Crippen LogP contribution in [0, 0.1) is 0 Å². The van der Waals surface area contributed by atoms with Crippen LogP contribution in [-0.4, -0.2) is 82.5 Å². The fraction of sp³-hybridized carbons (Fsp3) is 0.708. The molecule has 1 atom stereocenters. The zero-order valence-corrected chi connectivity index (χ0v) is 19.2. The summed E-state index contributed by atoms with van der Waals surface area (Å²) in [5.41, 5.74) is 1.43. The van der Waals surface area contributed by atoms with E-state index in [0.717, 1.165) is 63.8 Å². The molecule has 0 aliphatic carbocycles. The van der Waals surface area contributed by atoms with E-state index in [1.165, 1.54) is 38.0 Å². The number of nitrogens with one attached hydrogen (secondary N) is 2. The molecule has 31 heavy (non-hydrogen) atoms. The lowest BCUT2D eigenvalue weighted by Gasteiger charge is -2.45. The lowest BCUT2D eigenvalue weighted by atomic mass is 9.88. The number of ether oxygens (including phenoxy) is 2. The first-order valence-corrected chi connectivity index (χ1v) is 11.9. The third-order valence-corrected chi connectivity index (χ3v) is 7.19. The van der Waals surface area contributed by atoms with Crippen LogP contribution >= 0.6 is 0 Å². The molecule has 7 nitrogen and oxygen atoms in total. The largest absolute Gasteiger partial charge is 0.497 e. The van der Waals surface area contributed by atoms with Gasteiger partial charge in [-0.15, -0.1) is 0 Å². The van der Waals surface area contributed by atoms with Gasteiger partial charge in [0.25, 0.3) is 0 Å². The van der Waals surface area contributed by atoms with E-state index < -0.39 is 0 Å². The first kappa shape index (κ1) is 22.2. The van der Waals surface area contributed by atoms with Gasteiger partial charge >= 0.3 is 0 Å². The number of aliphatic imine (C=N–C) groups is 1. The van der Waals surface area contributed by atoms with Crippen LogP contribution in [0.2, 0.25) is 0 Å². The highest BCUT2D eigenvalue weighted by Gasteiger charge is 2.39. The lowest BCUT2D eigenvalue weighted by Crippen LogP contribution is -2.60. The minimum Gasteiger partial charge on any atom is -0.497 e. The smallest absolute Gasteiger partial charge is 0.191 e. The highest BCUT2D eigenvalue weighted by atomic mass is 16.5. The van der Waals surface area contributed by atoms with Crippen LogP contribution < -0.4 is 20.3 Å². The summed E-state index contributed by atoms with van der Waals surface area (Å²) in [5.74, 6) is 1.83. The molecule has 0 bridgehead atoms. The SMILES string of the molecule is CN=C(NCC1(N2CCCC2)CCOCC1)NC1CCCN(c2cccc(OC)c2)C1. The van der Waals surface area contributed by atoms with Crippen LogP contribution in [0.3, 0.4) is 0 Å². The molecular weight excluding hydrogens is 390 g/mol. The van der Waals surface area contributed by atoms with Crippen molar-refractivity contribution in [3.8, 4) is 5.75 Å². The fourth-order valence-electron chi connectivity index (χ4n) is 5.32. The topological polar surface area (TPSA) is 61.4 Å². The molecule has 3 aliphatic rings. The molecule has 172 valence electrons. The molecular formula is C24H39N5O2. The van der Waals surface area contributed by atoms with Crippen molar-refractivity contribution in [3.05, 3.63) is 24.3 Å². The number of hydrogen-bond acceptors (Lipinski definition) is 5. The predicted octanol–water partition coefficient (Wildman–Crippen LogP) is 2.47. The average molecular weight is 430 g/mol. The maximum atomic E-state index is 5.69. The van der Waals surface area contributed by atoms with Gasteiger partial charge < -0.3 is 25.0 Å². The monoisotopic (exact) mass is 429 g/mol. The summed E-state index contributed by atoms with van der Waals surface area (Å²) in [6.07, 6.45) is 7.16. The van der Waals surface area contributed by atoms with Crippen molar-refractivity contribution in [2.24, 2.45) is 4.99 Å². The second-order valence-corrected chi connectivity index (χ2v) is 9.09. The Hall–Kier alpha value is -1.99. The molecule has 1 aromatic carbocycles. The van der Waals surface area contributed by atoms with Crippen LogP contribution in [-0.2, 0) is 4.74 Å². The predicted molar refractivity (Wildman–Crippen MR) is 126 cm³/mol. The van der Waals surface area contributed by atoms with E-state index in [1.54, 1.807) is 7.11 Å². The molecule has 3 saturated heterocycles. The Labute approximate surface area is 187 Å². The standard InChI is InChI=1S/C24H39N5O2/c1-25-23(26-19-24(10-15-31-16-11-24)29-13-3-4-14-29)27-20-7-6-12-28(18-20)21-8-5-9-22(17-21)30-2/h5,8-9,17,20H,3-4,6-7,10-16,18-19H2,1-2H3,(H2,25,26,27). The van der Waals surface area contributed by atoms with E-state index in [-0.39, 0.29) is 5.54 Å². The normalized spacial score (nSPS) is 24.8. The molecule has 1 aromatic rings. The first-order valence-electron chi connectivity index (χ1n) is 11.9. The molecule has 0 saturated carbocycles. The summed E-state index contributed by atoms with van der Waals surface area (Å²) < 4.78 is 11.1. The van der Waals surface area contributed by atoms with Crippen LogP contribution in [0.5, 0.6) is 5.75 Å².